The normalized spacial score (nSPS) is 22.4. The highest BCUT2D eigenvalue weighted by Gasteiger charge is 2.51. The Bertz CT molecular complexity index is 1150. The van der Waals surface area contributed by atoms with E-state index in [1.807, 2.05) is 4.90 Å². The van der Waals surface area contributed by atoms with Crippen molar-refractivity contribution in [2.45, 2.75) is 12.6 Å². The Morgan fingerprint density at radius 2 is 2.03 bits per heavy atom. The molecule has 180 valence electrons. The zero-order chi connectivity index (χ0) is 24.7. The van der Waals surface area contributed by atoms with Crippen LogP contribution in [0.3, 0.4) is 0 Å². The summed E-state index contributed by atoms with van der Waals surface area (Å²) in [5.74, 6) is -0.801. The lowest BCUT2D eigenvalue weighted by Gasteiger charge is -2.43. The summed E-state index contributed by atoms with van der Waals surface area (Å²) in [6.45, 7) is 2.03. The SMILES string of the molecule is COCC12CN(C(=O)c3ccc(F)c(Cl)c3)CCC1CN(c1ccc(C#N)c(C(F)(F)F)c1)C2. The van der Waals surface area contributed by atoms with E-state index in [4.69, 9.17) is 21.6 Å². The Balaban J connectivity index is 1.60. The molecule has 0 N–H and O–H groups in total. The van der Waals surface area contributed by atoms with Gasteiger partial charge in [-0.3, -0.25) is 4.79 Å². The Morgan fingerprint density at radius 1 is 1.26 bits per heavy atom. The number of piperidine rings is 1. The number of alkyl halides is 3. The van der Waals surface area contributed by atoms with Gasteiger partial charge in [0.15, 0.2) is 0 Å². The number of nitriles is 1. The Hall–Kier alpha value is -2.83. The van der Waals surface area contributed by atoms with Gasteiger partial charge in [0.2, 0.25) is 0 Å². The number of nitrogens with zero attached hydrogens (tertiary/aromatic N) is 3. The molecule has 2 atom stereocenters. The molecule has 2 fully saturated rings. The van der Waals surface area contributed by atoms with Crippen molar-refractivity contribution in [2.24, 2.45) is 11.3 Å². The molecule has 0 radical (unpaired) electrons. The number of amides is 1. The third-order valence-corrected chi connectivity index (χ3v) is 7.04. The molecule has 2 heterocycles. The molecule has 4 rings (SSSR count). The van der Waals surface area contributed by atoms with Crippen LogP contribution in [0.4, 0.5) is 23.2 Å². The third kappa shape index (κ3) is 4.44. The summed E-state index contributed by atoms with van der Waals surface area (Å²) in [7, 11) is 1.55. The van der Waals surface area contributed by atoms with Crippen molar-refractivity contribution in [1.82, 2.24) is 4.90 Å². The first-order valence-electron chi connectivity index (χ1n) is 10.7. The number of hydrogen-bond acceptors (Lipinski definition) is 4. The van der Waals surface area contributed by atoms with E-state index in [9.17, 15) is 22.4 Å². The second-order valence-corrected chi connectivity index (χ2v) is 9.26. The highest BCUT2D eigenvalue weighted by atomic mass is 35.5. The van der Waals surface area contributed by atoms with E-state index in [1.165, 1.54) is 24.3 Å². The van der Waals surface area contributed by atoms with Crippen molar-refractivity contribution in [3.63, 3.8) is 0 Å². The molecule has 2 unspecified atom stereocenters. The molecule has 2 saturated heterocycles. The van der Waals surface area contributed by atoms with Crippen LogP contribution in [0.25, 0.3) is 0 Å². The molecular weight excluding hydrogens is 474 g/mol. The highest BCUT2D eigenvalue weighted by Crippen LogP contribution is 2.45. The highest BCUT2D eigenvalue weighted by molar-refractivity contribution is 6.31. The van der Waals surface area contributed by atoms with Crippen LogP contribution in [-0.2, 0) is 10.9 Å². The molecule has 2 aromatic carbocycles. The lowest BCUT2D eigenvalue weighted by atomic mass is 9.73. The molecule has 2 aliphatic heterocycles. The van der Waals surface area contributed by atoms with Crippen LogP contribution in [-0.4, -0.2) is 50.7 Å². The molecule has 0 bridgehead atoms. The Labute approximate surface area is 199 Å². The predicted molar refractivity (Wildman–Crippen MR) is 118 cm³/mol. The first-order chi connectivity index (χ1) is 16.1. The smallest absolute Gasteiger partial charge is 0.384 e. The maximum atomic E-state index is 13.5. The number of carbonyl (C=O) groups is 1. The van der Waals surface area contributed by atoms with Gasteiger partial charge < -0.3 is 14.5 Å². The van der Waals surface area contributed by atoms with Crippen molar-refractivity contribution >= 4 is 23.2 Å². The summed E-state index contributed by atoms with van der Waals surface area (Å²) in [4.78, 5) is 16.6. The van der Waals surface area contributed by atoms with Gasteiger partial charge in [0.05, 0.1) is 28.8 Å². The lowest BCUT2D eigenvalue weighted by molar-refractivity contribution is -0.137. The summed E-state index contributed by atoms with van der Waals surface area (Å²) in [5.41, 5.74) is -1.23. The van der Waals surface area contributed by atoms with Gasteiger partial charge in [-0.2, -0.15) is 18.4 Å². The zero-order valence-electron chi connectivity index (χ0n) is 18.3. The van der Waals surface area contributed by atoms with Crippen LogP contribution in [0, 0.1) is 28.5 Å². The lowest BCUT2D eigenvalue weighted by Crippen LogP contribution is -2.53. The van der Waals surface area contributed by atoms with E-state index in [1.54, 1.807) is 18.1 Å². The van der Waals surface area contributed by atoms with Crippen molar-refractivity contribution in [3.05, 3.63) is 63.9 Å². The monoisotopic (exact) mass is 495 g/mol. The van der Waals surface area contributed by atoms with Crippen LogP contribution in [0.15, 0.2) is 36.4 Å². The third-order valence-electron chi connectivity index (χ3n) is 6.75. The van der Waals surface area contributed by atoms with Gasteiger partial charge in [0.1, 0.15) is 5.82 Å². The van der Waals surface area contributed by atoms with E-state index < -0.39 is 28.5 Å². The van der Waals surface area contributed by atoms with Crippen LogP contribution in [0.2, 0.25) is 5.02 Å². The topological polar surface area (TPSA) is 56.6 Å². The van der Waals surface area contributed by atoms with E-state index in [-0.39, 0.29) is 22.4 Å². The molecule has 1 amide bonds. The van der Waals surface area contributed by atoms with Crippen molar-refractivity contribution < 1.29 is 27.1 Å². The first kappa shape index (κ1) is 24.3. The van der Waals surface area contributed by atoms with Crippen LogP contribution < -0.4 is 4.90 Å². The van der Waals surface area contributed by atoms with Gasteiger partial charge in [-0.1, -0.05) is 11.6 Å². The molecule has 2 aliphatic rings. The zero-order valence-corrected chi connectivity index (χ0v) is 19.1. The summed E-state index contributed by atoms with van der Waals surface area (Å²) in [5, 5.41) is 8.94. The number of halogens is 5. The van der Waals surface area contributed by atoms with Gasteiger partial charge in [0.25, 0.3) is 5.91 Å². The summed E-state index contributed by atoms with van der Waals surface area (Å²) in [6, 6.07) is 9.16. The Morgan fingerprint density at radius 3 is 2.68 bits per heavy atom. The van der Waals surface area contributed by atoms with Crippen molar-refractivity contribution in [3.8, 4) is 6.07 Å². The number of likely N-dealkylation sites (tertiary alicyclic amines) is 1. The van der Waals surface area contributed by atoms with Gasteiger partial charge in [-0.15, -0.1) is 0 Å². The molecule has 0 saturated carbocycles. The number of benzene rings is 2. The quantitative estimate of drug-likeness (QED) is 0.561. The fourth-order valence-corrected chi connectivity index (χ4v) is 5.30. The molecule has 0 aromatic heterocycles. The standard InChI is InChI=1S/C24H22ClF4N3O2/c1-34-14-23-12-31(22(33)15-3-5-21(26)20(25)8-15)7-6-17(23)11-32(13-23)18-4-2-16(10-30)19(9-18)24(27,28)29/h2-5,8-9,17H,6-7,11-14H2,1H3. The van der Waals surface area contributed by atoms with Crippen LogP contribution >= 0.6 is 11.6 Å². The molecule has 2 aromatic rings. The summed E-state index contributed by atoms with van der Waals surface area (Å²) < 4.78 is 59.5. The second kappa shape index (κ2) is 9.08. The minimum Gasteiger partial charge on any atom is -0.384 e. The van der Waals surface area contributed by atoms with Gasteiger partial charge in [0, 0.05) is 50.0 Å². The molecule has 10 heteroatoms. The van der Waals surface area contributed by atoms with Gasteiger partial charge in [-0.05, 0) is 48.7 Å². The van der Waals surface area contributed by atoms with Crippen LogP contribution in [0.1, 0.15) is 27.9 Å². The van der Waals surface area contributed by atoms with Crippen molar-refractivity contribution in [1.29, 1.82) is 5.26 Å². The average Bonchev–Trinajstić information content (AvgIpc) is 3.18. The number of carbonyl (C=O) groups excluding carboxylic acids is 1. The maximum Gasteiger partial charge on any atom is 0.417 e. The van der Waals surface area contributed by atoms with Gasteiger partial charge >= 0.3 is 6.18 Å². The van der Waals surface area contributed by atoms with E-state index in [2.05, 4.69) is 0 Å². The second-order valence-electron chi connectivity index (χ2n) is 8.86. The molecule has 0 aliphatic carbocycles. The number of hydrogen-bond donors (Lipinski definition) is 0. The predicted octanol–water partition coefficient (Wildman–Crippen LogP) is 4.98. The fraction of sp³-hybridized carbons (Fsp3) is 0.417. The fourth-order valence-electron chi connectivity index (χ4n) is 5.12. The van der Waals surface area contributed by atoms with Crippen LogP contribution in [0.5, 0.6) is 0 Å². The summed E-state index contributed by atoms with van der Waals surface area (Å²) in [6.07, 6.45) is -4.00. The average molecular weight is 496 g/mol. The number of rotatable bonds is 4. The molecule has 0 spiro atoms. The largest absolute Gasteiger partial charge is 0.417 e. The maximum absolute atomic E-state index is 13.5. The first-order valence-corrected chi connectivity index (χ1v) is 11.1. The number of anilines is 1. The van der Waals surface area contributed by atoms with E-state index >= 15 is 0 Å². The number of fused-ring (bicyclic) bond motifs is 1. The van der Waals surface area contributed by atoms with Crippen molar-refractivity contribution in [2.75, 3.05) is 44.8 Å². The minimum atomic E-state index is -4.64. The molecular formula is C24H22ClF4N3O2. The molecule has 34 heavy (non-hydrogen) atoms. The number of ether oxygens (including phenoxy) is 1. The number of methoxy groups -OCH3 is 1. The van der Waals surface area contributed by atoms with E-state index in [0.717, 1.165) is 12.1 Å². The Kier molecular flexibility index (Phi) is 6.49. The van der Waals surface area contributed by atoms with Gasteiger partial charge in [-0.25, -0.2) is 4.39 Å². The van der Waals surface area contributed by atoms with E-state index in [0.29, 0.717) is 44.9 Å². The minimum absolute atomic E-state index is 0.0956. The molecule has 5 nitrogen and oxygen atoms in total. The summed E-state index contributed by atoms with van der Waals surface area (Å²) >= 11 is 5.84.